The zero-order valence-electron chi connectivity index (χ0n) is 8.61. The Balaban J connectivity index is 2.85. The lowest BCUT2D eigenvalue weighted by Crippen LogP contribution is -2.14. The van der Waals surface area contributed by atoms with Crippen LogP contribution in [0.2, 0.25) is 0 Å². The van der Waals surface area contributed by atoms with E-state index in [0.29, 0.717) is 12.2 Å². The molecule has 0 radical (unpaired) electrons. The van der Waals surface area contributed by atoms with Gasteiger partial charge in [0.05, 0.1) is 6.61 Å². The average molecular weight is 205 g/mol. The lowest BCUT2D eigenvalue weighted by atomic mass is 10.3. The molecule has 0 saturated carbocycles. The van der Waals surface area contributed by atoms with Crippen molar-refractivity contribution in [3.05, 3.63) is 34.2 Å². The maximum Gasteiger partial charge on any atom is 0.384 e. The summed E-state index contributed by atoms with van der Waals surface area (Å²) in [5.41, 5.74) is 0.344. The lowest BCUT2D eigenvalue weighted by Gasteiger charge is -1.95. The smallest absolute Gasteiger partial charge is 0.384 e. The standard InChI is InChI=1S/C11H11NO3/c1-3-15-11(14)5-4-9-6-7-12(2)10(13)8-9/h6-8H,3H2,1-2H3. The molecular weight excluding hydrogens is 194 g/mol. The minimum absolute atomic E-state index is 0.161. The molecule has 15 heavy (non-hydrogen) atoms. The van der Waals surface area contributed by atoms with Crippen LogP contribution in [0.4, 0.5) is 0 Å². The second-order valence-corrected chi connectivity index (χ2v) is 2.84. The Morgan fingerprint density at radius 1 is 1.60 bits per heavy atom. The zero-order valence-corrected chi connectivity index (χ0v) is 8.61. The highest BCUT2D eigenvalue weighted by atomic mass is 16.5. The molecule has 0 aromatic carbocycles. The van der Waals surface area contributed by atoms with Gasteiger partial charge in [0.25, 0.3) is 5.56 Å². The second-order valence-electron chi connectivity index (χ2n) is 2.84. The maximum atomic E-state index is 11.2. The zero-order chi connectivity index (χ0) is 11.3. The Labute approximate surface area is 87.5 Å². The topological polar surface area (TPSA) is 48.3 Å². The van der Waals surface area contributed by atoms with Crippen molar-refractivity contribution in [3.63, 3.8) is 0 Å². The van der Waals surface area contributed by atoms with Crippen LogP contribution < -0.4 is 5.56 Å². The highest BCUT2D eigenvalue weighted by Gasteiger charge is 1.94. The maximum absolute atomic E-state index is 11.2. The first-order valence-corrected chi connectivity index (χ1v) is 4.49. The third-order valence-corrected chi connectivity index (χ3v) is 1.69. The molecule has 0 atom stereocenters. The number of pyridine rings is 1. The predicted molar refractivity (Wildman–Crippen MR) is 55.2 cm³/mol. The van der Waals surface area contributed by atoms with E-state index in [-0.39, 0.29) is 5.56 Å². The van der Waals surface area contributed by atoms with Crippen molar-refractivity contribution in [2.45, 2.75) is 6.92 Å². The van der Waals surface area contributed by atoms with Crippen LogP contribution in [0.5, 0.6) is 0 Å². The third-order valence-electron chi connectivity index (χ3n) is 1.69. The van der Waals surface area contributed by atoms with Crippen molar-refractivity contribution in [3.8, 4) is 11.8 Å². The van der Waals surface area contributed by atoms with Gasteiger partial charge in [-0.05, 0) is 13.0 Å². The van der Waals surface area contributed by atoms with Gasteiger partial charge in [0.2, 0.25) is 0 Å². The number of ether oxygens (including phenoxy) is 1. The molecule has 1 heterocycles. The molecule has 1 aromatic heterocycles. The predicted octanol–water partition coefficient (Wildman–Crippen LogP) is 0.300. The van der Waals surface area contributed by atoms with Crippen molar-refractivity contribution >= 4 is 5.97 Å². The Hall–Kier alpha value is -2.02. The van der Waals surface area contributed by atoms with Crippen LogP contribution in [-0.2, 0) is 16.6 Å². The summed E-state index contributed by atoms with van der Waals surface area (Å²) in [7, 11) is 1.64. The number of esters is 1. The summed E-state index contributed by atoms with van der Waals surface area (Å²) < 4.78 is 6.05. The highest BCUT2D eigenvalue weighted by Crippen LogP contribution is 1.90. The molecule has 0 fully saturated rings. The van der Waals surface area contributed by atoms with E-state index in [4.69, 9.17) is 0 Å². The quantitative estimate of drug-likeness (QED) is 0.489. The van der Waals surface area contributed by atoms with Gasteiger partial charge >= 0.3 is 5.97 Å². The molecule has 0 saturated heterocycles. The average Bonchev–Trinajstić information content (AvgIpc) is 2.20. The molecule has 78 valence electrons. The molecule has 4 nitrogen and oxygen atoms in total. The fourth-order valence-electron chi connectivity index (χ4n) is 0.917. The fourth-order valence-corrected chi connectivity index (χ4v) is 0.917. The van der Waals surface area contributed by atoms with E-state index < -0.39 is 5.97 Å². The third kappa shape index (κ3) is 3.31. The number of rotatable bonds is 1. The first kappa shape index (κ1) is 11.1. The second kappa shape index (κ2) is 5.01. The van der Waals surface area contributed by atoms with Crippen LogP contribution in [0.25, 0.3) is 0 Å². The van der Waals surface area contributed by atoms with Crippen molar-refractivity contribution in [2.75, 3.05) is 6.61 Å². The highest BCUT2D eigenvalue weighted by molar-refractivity contribution is 5.89. The van der Waals surface area contributed by atoms with Gasteiger partial charge in [0.1, 0.15) is 0 Å². The van der Waals surface area contributed by atoms with Crippen LogP contribution in [0, 0.1) is 11.8 Å². The molecule has 1 aromatic rings. The van der Waals surface area contributed by atoms with Crippen LogP contribution >= 0.6 is 0 Å². The summed E-state index contributed by atoms with van der Waals surface area (Å²) in [5, 5.41) is 0. The minimum Gasteiger partial charge on any atom is -0.456 e. The minimum atomic E-state index is -0.585. The van der Waals surface area contributed by atoms with E-state index in [0.717, 1.165) is 0 Å². The van der Waals surface area contributed by atoms with Gasteiger partial charge < -0.3 is 9.30 Å². The summed E-state index contributed by atoms with van der Waals surface area (Å²) in [6.45, 7) is 2.00. The molecule has 4 heteroatoms. The van der Waals surface area contributed by atoms with Gasteiger partial charge in [-0.1, -0.05) is 5.92 Å². The Morgan fingerprint density at radius 3 is 2.93 bits per heavy atom. The number of aromatic nitrogens is 1. The molecule has 0 aliphatic heterocycles. The summed E-state index contributed by atoms with van der Waals surface area (Å²) in [5.74, 6) is 4.26. The molecule has 0 spiro atoms. The van der Waals surface area contributed by atoms with E-state index in [9.17, 15) is 9.59 Å². The monoisotopic (exact) mass is 205 g/mol. The van der Waals surface area contributed by atoms with Crippen molar-refractivity contribution in [1.82, 2.24) is 4.57 Å². The van der Waals surface area contributed by atoms with Gasteiger partial charge in [0.15, 0.2) is 0 Å². The molecule has 0 N–H and O–H groups in total. The van der Waals surface area contributed by atoms with Crippen LogP contribution in [-0.4, -0.2) is 17.1 Å². The van der Waals surface area contributed by atoms with Crippen molar-refractivity contribution in [2.24, 2.45) is 7.05 Å². The SMILES string of the molecule is CCOC(=O)C#Cc1ccn(C)c(=O)c1. The van der Waals surface area contributed by atoms with Gasteiger partial charge in [-0.25, -0.2) is 4.79 Å². The Bertz CT molecular complexity index is 477. The lowest BCUT2D eigenvalue weighted by molar-refractivity contribution is -0.136. The van der Waals surface area contributed by atoms with E-state index in [1.807, 2.05) is 0 Å². The number of carbonyl (C=O) groups is 1. The number of carbonyl (C=O) groups excluding carboxylic acids is 1. The van der Waals surface area contributed by atoms with Gasteiger partial charge in [-0.15, -0.1) is 0 Å². The molecule has 0 bridgehead atoms. The van der Waals surface area contributed by atoms with E-state index >= 15 is 0 Å². The molecule has 0 aliphatic carbocycles. The van der Waals surface area contributed by atoms with Crippen LogP contribution in [0.3, 0.4) is 0 Å². The Morgan fingerprint density at radius 2 is 2.33 bits per heavy atom. The van der Waals surface area contributed by atoms with Crippen LogP contribution in [0.15, 0.2) is 23.1 Å². The van der Waals surface area contributed by atoms with Crippen molar-refractivity contribution in [1.29, 1.82) is 0 Å². The fraction of sp³-hybridized carbons (Fsp3) is 0.273. The summed E-state index contributed by atoms with van der Waals surface area (Å²) in [6.07, 6.45) is 1.59. The summed E-state index contributed by atoms with van der Waals surface area (Å²) >= 11 is 0. The summed E-state index contributed by atoms with van der Waals surface area (Å²) in [4.78, 5) is 22.1. The van der Waals surface area contributed by atoms with E-state index in [2.05, 4.69) is 16.6 Å². The molecular formula is C11H11NO3. The van der Waals surface area contributed by atoms with Gasteiger partial charge in [0, 0.05) is 30.8 Å². The van der Waals surface area contributed by atoms with E-state index in [1.54, 1.807) is 26.2 Å². The van der Waals surface area contributed by atoms with Crippen molar-refractivity contribution < 1.29 is 9.53 Å². The first-order chi connectivity index (χ1) is 7.13. The van der Waals surface area contributed by atoms with Gasteiger partial charge in [-0.2, -0.15) is 0 Å². The summed E-state index contributed by atoms with van der Waals surface area (Å²) in [6, 6.07) is 3.03. The molecule has 0 aliphatic rings. The van der Waals surface area contributed by atoms with Crippen LogP contribution in [0.1, 0.15) is 12.5 Å². The van der Waals surface area contributed by atoms with E-state index in [1.165, 1.54) is 10.6 Å². The Kier molecular flexibility index (Phi) is 3.69. The molecule has 0 unspecified atom stereocenters. The number of hydrogen-bond donors (Lipinski definition) is 0. The molecule has 1 rings (SSSR count). The molecule has 0 amide bonds. The number of aryl methyl sites for hydroxylation is 1. The van der Waals surface area contributed by atoms with Gasteiger partial charge in [-0.3, -0.25) is 4.79 Å². The largest absolute Gasteiger partial charge is 0.456 e. The normalized spacial score (nSPS) is 8.93. The number of nitrogens with zero attached hydrogens (tertiary/aromatic N) is 1. The number of hydrogen-bond acceptors (Lipinski definition) is 3. The first-order valence-electron chi connectivity index (χ1n) is 4.49.